The van der Waals surface area contributed by atoms with Crippen LogP contribution in [0.5, 0.6) is 0 Å². The number of anilines is 1. The number of aliphatic hydroxyl groups excluding tert-OH is 2. The van der Waals surface area contributed by atoms with Crippen LogP contribution in [0.4, 0.5) is 5.82 Å². The highest BCUT2D eigenvalue weighted by Gasteiger charge is 2.22. The second-order valence-electron chi connectivity index (χ2n) is 2.84. The van der Waals surface area contributed by atoms with Crippen molar-refractivity contribution in [2.75, 3.05) is 5.73 Å². The molecule has 0 aliphatic heterocycles. The summed E-state index contributed by atoms with van der Waals surface area (Å²) in [5.74, 6) is -0.0242. The van der Waals surface area contributed by atoms with E-state index in [-0.39, 0.29) is 23.1 Å². The minimum atomic E-state index is -1.36. The molecule has 0 aliphatic carbocycles. The number of nitriles is 1. The first-order valence-electron chi connectivity index (χ1n) is 4.07. The lowest BCUT2D eigenvalue weighted by Crippen LogP contribution is -2.20. The van der Waals surface area contributed by atoms with Gasteiger partial charge in [0, 0.05) is 0 Å². The fourth-order valence-corrected chi connectivity index (χ4v) is 1.14. The smallest absolute Gasteiger partial charge is 0.148 e. The number of nitrogen functional groups attached to an aromatic ring is 1. The Balaban J connectivity index is 2.95. The van der Waals surface area contributed by atoms with Crippen LogP contribution in [0, 0.1) is 11.3 Å². The summed E-state index contributed by atoms with van der Waals surface area (Å²) in [6.07, 6.45) is -1.63. The molecule has 1 rings (SSSR count). The first kappa shape index (κ1) is 11.7. The summed E-state index contributed by atoms with van der Waals surface area (Å²) in [6, 6.07) is 1.72. The molecule has 0 aliphatic rings. The SMILES string of the molecule is N#CCC(O)C(O)c1nc(Cl)cnc1N. The molecule has 0 aromatic carbocycles. The lowest BCUT2D eigenvalue weighted by molar-refractivity contribution is 0.0193. The summed E-state index contributed by atoms with van der Waals surface area (Å²) in [4.78, 5) is 7.41. The average Bonchev–Trinajstić information content (AvgIpc) is 2.21. The van der Waals surface area contributed by atoms with E-state index in [0.717, 1.165) is 0 Å². The molecule has 15 heavy (non-hydrogen) atoms. The second-order valence-corrected chi connectivity index (χ2v) is 3.22. The number of aliphatic hydroxyl groups is 2. The van der Waals surface area contributed by atoms with Gasteiger partial charge in [-0.05, 0) is 0 Å². The summed E-state index contributed by atoms with van der Waals surface area (Å²) in [6.45, 7) is 0. The van der Waals surface area contributed by atoms with Gasteiger partial charge in [-0.1, -0.05) is 11.6 Å². The number of aromatic nitrogens is 2. The Kier molecular flexibility index (Phi) is 3.80. The molecule has 1 heterocycles. The van der Waals surface area contributed by atoms with E-state index in [1.807, 2.05) is 0 Å². The van der Waals surface area contributed by atoms with Crippen molar-refractivity contribution in [3.8, 4) is 6.07 Å². The van der Waals surface area contributed by atoms with Crippen molar-refractivity contribution in [2.45, 2.75) is 18.6 Å². The van der Waals surface area contributed by atoms with Crippen LogP contribution >= 0.6 is 11.6 Å². The number of rotatable bonds is 3. The molecule has 4 N–H and O–H groups in total. The van der Waals surface area contributed by atoms with Gasteiger partial charge >= 0.3 is 0 Å². The third-order valence-corrected chi connectivity index (χ3v) is 1.93. The summed E-state index contributed by atoms with van der Waals surface area (Å²) in [7, 11) is 0. The summed E-state index contributed by atoms with van der Waals surface area (Å²) >= 11 is 5.56. The molecule has 0 fully saturated rings. The largest absolute Gasteiger partial charge is 0.389 e. The third kappa shape index (κ3) is 2.76. The van der Waals surface area contributed by atoms with Gasteiger partial charge in [-0.25, -0.2) is 9.97 Å². The number of halogens is 1. The summed E-state index contributed by atoms with van der Waals surface area (Å²) in [5.41, 5.74) is 5.42. The molecule has 1 aromatic rings. The van der Waals surface area contributed by atoms with E-state index in [2.05, 4.69) is 9.97 Å². The molecular formula is C8H9ClN4O2. The maximum atomic E-state index is 9.58. The van der Waals surface area contributed by atoms with Gasteiger partial charge in [-0.3, -0.25) is 0 Å². The molecule has 2 atom stereocenters. The Morgan fingerprint density at radius 2 is 2.27 bits per heavy atom. The van der Waals surface area contributed by atoms with Crippen LogP contribution in [0.2, 0.25) is 5.15 Å². The average molecular weight is 229 g/mol. The van der Waals surface area contributed by atoms with Gasteiger partial charge < -0.3 is 15.9 Å². The number of nitrogens with zero attached hydrogens (tertiary/aromatic N) is 3. The van der Waals surface area contributed by atoms with Crippen molar-refractivity contribution in [3.63, 3.8) is 0 Å². The Hall–Kier alpha value is -1.42. The van der Waals surface area contributed by atoms with Crippen LogP contribution in [0.15, 0.2) is 6.20 Å². The molecule has 0 saturated carbocycles. The van der Waals surface area contributed by atoms with Crippen LogP contribution < -0.4 is 5.73 Å². The summed E-state index contributed by atoms with van der Waals surface area (Å²) in [5, 5.41) is 27.3. The Morgan fingerprint density at radius 1 is 1.60 bits per heavy atom. The van der Waals surface area contributed by atoms with E-state index >= 15 is 0 Å². The molecule has 0 amide bonds. The topological polar surface area (TPSA) is 116 Å². The Bertz CT molecular complexity index is 393. The van der Waals surface area contributed by atoms with Gasteiger partial charge in [0.15, 0.2) is 0 Å². The molecule has 0 spiro atoms. The van der Waals surface area contributed by atoms with Crippen molar-refractivity contribution in [1.82, 2.24) is 9.97 Å². The molecule has 6 nitrogen and oxygen atoms in total. The zero-order valence-electron chi connectivity index (χ0n) is 7.63. The van der Waals surface area contributed by atoms with E-state index in [9.17, 15) is 10.2 Å². The minimum absolute atomic E-state index is 0.0229. The van der Waals surface area contributed by atoms with Crippen LogP contribution in [0.1, 0.15) is 18.2 Å². The van der Waals surface area contributed by atoms with Crippen LogP contribution in [0.3, 0.4) is 0 Å². The molecular weight excluding hydrogens is 220 g/mol. The number of hydrogen-bond acceptors (Lipinski definition) is 6. The normalized spacial score (nSPS) is 14.3. The van der Waals surface area contributed by atoms with Gasteiger partial charge in [-0.2, -0.15) is 5.26 Å². The van der Waals surface area contributed by atoms with E-state index in [1.54, 1.807) is 6.07 Å². The lowest BCUT2D eigenvalue weighted by Gasteiger charge is -2.15. The molecule has 7 heteroatoms. The van der Waals surface area contributed by atoms with E-state index < -0.39 is 12.2 Å². The molecule has 0 radical (unpaired) electrons. The van der Waals surface area contributed by atoms with E-state index in [0.29, 0.717) is 0 Å². The predicted molar refractivity (Wildman–Crippen MR) is 52.7 cm³/mol. The van der Waals surface area contributed by atoms with Crippen molar-refractivity contribution in [2.24, 2.45) is 0 Å². The van der Waals surface area contributed by atoms with Crippen molar-refractivity contribution in [1.29, 1.82) is 5.26 Å². The number of nitrogens with two attached hydrogens (primary N) is 1. The van der Waals surface area contributed by atoms with Crippen molar-refractivity contribution >= 4 is 17.4 Å². The first-order valence-corrected chi connectivity index (χ1v) is 4.45. The Labute approximate surface area is 91.0 Å². The second kappa shape index (κ2) is 4.89. The zero-order chi connectivity index (χ0) is 11.4. The minimum Gasteiger partial charge on any atom is -0.389 e. The van der Waals surface area contributed by atoms with Gasteiger partial charge in [0.2, 0.25) is 0 Å². The van der Waals surface area contributed by atoms with Gasteiger partial charge in [-0.15, -0.1) is 0 Å². The molecule has 80 valence electrons. The van der Waals surface area contributed by atoms with Crippen LogP contribution in [-0.4, -0.2) is 26.3 Å². The van der Waals surface area contributed by atoms with Crippen LogP contribution in [0.25, 0.3) is 0 Å². The molecule has 2 unspecified atom stereocenters. The maximum absolute atomic E-state index is 9.58. The van der Waals surface area contributed by atoms with E-state index in [1.165, 1.54) is 6.20 Å². The predicted octanol–water partition coefficient (Wildman–Crippen LogP) is 0.0202. The standard InChI is InChI=1S/C8H9ClN4O2/c9-5-3-12-8(11)6(13-5)7(15)4(14)1-2-10/h3-4,7,14-15H,1H2,(H2,11,12). The summed E-state index contributed by atoms with van der Waals surface area (Å²) < 4.78 is 0. The van der Waals surface area contributed by atoms with Gasteiger partial charge in [0.05, 0.1) is 24.8 Å². The number of hydrogen-bond donors (Lipinski definition) is 3. The molecule has 0 saturated heterocycles. The third-order valence-electron chi connectivity index (χ3n) is 1.74. The van der Waals surface area contributed by atoms with Gasteiger partial charge in [0.25, 0.3) is 0 Å². The highest BCUT2D eigenvalue weighted by atomic mass is 35.5. The zero-order valence-corrected chi connectivity index (χ0v) is 8.39. The highest BCUT2D eigenvalue weighted by Crippen LogP contribution is 2.22. The van der Waals surface area contributed by atoms with Crippen LogP contribution in [-0.2, 0) is 0 Å². The maximum Gasteiger partial charge on any atom is 0.148 e. The first-order chi connectivity index (χ1) is 7.06. The lowest BCUT2D eigenvalue weighted by atomic mass is 10.1. The Morgan fingerprint density at radius 3 is 2.87 bits per heavy atom. The van der Waals surface area contributed by atoms with Crippen molar-refractivity contribution < 1.29 is 10.2 Å². The fourth-order valence-electron chi connectivity index (χ4n) is 0.995. The fraction of sp³-hybridized carbons (Fsp3) is 0.375. The van der Waals surface area contributed by atoms with Crippen molar-refractivity contribution in [3.05, 3.63) is 17.0 Å². The van der Waals surface area contributed by atoms with E-state index in [4.69, 9.17) is 22.6 Å². The van der Waals surface area contributed by atoms with Gasteiger partial charge in [0.1, 0.15) is 22.8 Å². The molecule has 0 bridgehead atoms. The quantitative estimate of drug-likeness (QED) is 0.672. The monoisotopic (exact) mass is 228 g/mol. The highest BCUT2D eigenvalue weighted by molar-refractivity contribution is 6.29. The molecule has 1 aromatic heterocycles.